The van der Waals surface area contributed by atoms with E-state index in [0.717, 1.165) is 37.7 Å². The quantitative estimate of drug-likeness (QED) is 0.365. The first kappa shape index (κ1) is 26.8. The van der Waals surface area contributed by atoms with Gasteiger partial charge in [0.25, 0.3) is 0 Å². The first-order valence-corrected chi connectivity index (χ1v) is 14.4. The molecule has 9 heteroatoms. The predicted molar refractivity (Wildman–Crippen MR) is 134 cm³/mol. The second kappa shape index (κ2) is 9.63. The van der Waals surface area contributed by atoms with Crippen molar-refractivity contribution in [2.24, 2.45) is 35.0 Å². The Labute approximate surface area is 223 Å². The summed E-state index contributed by atoms with van der Waals surface area (Å²) >= 11 is 0. The summed E-state index contributed by atoms with van der Waals surface area (Å²) in [6.07, 6.45) is 3.99. The van der Waals surface area contributed by atoms with E-state index in [1.807, 2.05) is 6.92 Å². The maximum absolute atomic E-state index is 13.9. The molecule has 212 valence electrons. The Morgan fingerprint density at radius 1 is 1.08 bits per heavy atom. The zero-order valence-electron chi connectivity index (χ0n) is 22.6. The van der Waals surface area contributed by atoms with Crippen LogP contribution in [0.1, 0.15) is 65.2 Å². The molecule has 0 spiro atoms. The van der Waals surface area contributed by atoms with Crippen LogP contribution in [0.4, 0.5) is 0 Å². The Balaban J connectivity index is 1.18. The number of carbonyl (C=O) groups excluding carboxylic acids is 2. The largest absolute Gasteiger partial charge is 0.458 e. The van der Waals surface area contributed by atoms with Gasteiger partial charge in [-0.15, -0.1) is 0 Å². The molecule has 0 aromatic rings. The maximum atomic E-state index is 13.9. The van der Waals surface area contributed by atoms with Gasteiger partial charge in [0.1, 0.15) is 18.8 Å². The van der Waals surface area contributed by atoms with Gasteiger partial charge in [0, 0.05) is 31.4 Å². The number of methoxy groups -OCH3 is 1. The van der Waals surface area contributed by atoms with E-state index in [2.05, 4.69) is 6.92 Å². The van der Waals surface area contributed by atoms with E-state index in [0.29, 0.717) is 19.3 Å². The molecule has 6 rings (SSSR count). The summed E-state index contributed by atoms with van der Waals surface area (Å²) < 4.78 is 22.9. The van der Waals surface area contributed by atoms with Gasteiger partial charge >= 0.3 is 5.97 Å². The van der Waals surface area contributed by atoms with E-state index in [1.165, 1.54) is 6.08 Å². The fourth-order valence-corrected chi connectivity index (χ4v) is 9.36. The number of carbonyl (C=O) groups is 2. The van der Waals surface area contributed by atoms with E-state index in [9.17, 15) is 24.9 Å². The predicted octanol–water partition coefficient (Wildman–Crippen LogP) is 1.90. The first-order chi connectivity index (χ1) is 18.1. The van der Waals surface area contributed by atoms with Gasteiger partial charge in [0.15, 0.2) is 12.1 Å². The van der Waals surface area contributed by atoms with E-state index < -0.39 is 35.9 Å². The standard InChI is InChI=1S/C29H42O9/c1-14-25(31)20(35-3)12-22(37-14)38-17-6-8-28(2)16(11-17)4-5-19-24(28)27(33)26(32)23-18(7-9-29(19,23)34)15-10-21(30)36-13-15/h10,14,16-20,22-26,31-32,34H,4-9,11-13H2,1-3H3/t14-,16+,17+,18+,19+,20-,22+,23-,24+,25-,26+,28-,29-/m0/s1. The minimum absolute atomic E-state index is 0.0169. The third-order valence-corrected chi connectivity index (χ3v) is 11.3. The molecule has 0 amide bonds. The molecule has 3 N–H and O–H groups in total. The highest BCUT2D eigenvalue weighted by Crippen LogP contribution is 2.65. The first-order valence-electron chi connectivity index (χ1n) is 14.4. The van der Waals surface area contributed by atoms with Crippen LogP contribution in [0.3, 0.4) is 0 Å². The topological polar surface area (TPSA) is 132 Å². The van der Waals surface area contributed by atoms with Gasteiger partial charge in [0.05, 0.1) is 23.9 Å². The third kappa shape index (κ3) is 4.03. The van der Waals surface area contributed by atoms with Crippen molar-refractivity contribution in [3.63, 3.8) is 0 Å². The number of ether oxygens (including phenoxy) is 4. The lowest BCUT2D eigenvalue weighted by Crippen LogP contribution is -2.66. The fourth-order valence-electron chi connectivity index (χ4n) is 9.36. The zero-order chi connectivity index (χ0) is 27.0. The molecule has 2 aliphatic heterocycles. The summed E-state index contributed by atoms with van der Waals surface area (Å²) in [7, 11) is 1.59. The Morgan fingerprint density at radius 3 is 2.58 bits per heavy atom. The molecule has 2 heterocycles. The van der Waals surface area contributed by atoms with Gasteiger partial charge in [0.2, 0.25) is 0 Å². The molecule has 38 heavy (non-hydrogen) atoms. The van der Waals surface area contributed by atoms with Crippen LogP contribution < -0.4 is 0 Å². The number of ketones is 1. The van der Waals surface area contributed by atoms with Crippen molar-refractivity contribution in [1.82, 2.24) is 0 Å². The lowest BCUT2D eigenvalue weighted by Gasteiger charge is -2.61. The molecule has 5 fully saturated rings. The van der Waals surface area contributed by atoms with Gasteiger partial charge in [-0.05, 0) is 80.6 Å². The number of fused-ring (bicyclic) bond motifs is 5. The minimum atomic E-state index is -1.25. The summed E-state index contributed by atoms with van der Waals surface area (Å²) in [5.41, 5.74) is -0.656. The number of hydrogen-bond acceptors (Lipinski definition) is 9. The van der Waals surface area contributed by atoms with Crippen LogP contribution in [0.15, 0.2) is 11.6 Å². The summed E-state index contributed by atoms with van der Waals surface area (Å²) in [6, 6.07) is 0. The molecule has 6 aliphatic rings. The Morgan fingerprint density at radius 2 is 1.87 bits per heavy atom. The van der Waals surface area contributed by atoms with Crippen molar-refractivity contribution in [1.29, 1.82) is 0 Å². The number of esters is 1. The molecule has 4 aliphatic carbocycles. The number of aliphatic hydroxyl groups excluding tert-OH is 2. The zero-order valence-corrected chi connectivity index (χ0v) is 22.6. The molecule has 13 atom stereocenters. The Kier molecular flexibility index (Phi) is 6.80. The highest BCUT2D eigenvalue weighted by Gasteiger charge is 2.68. The van der Waals surface area contributed by atoms with Gasteiger partial charge < -0.3 is 34.3 Å². The maximum Gasteiger partial charge on any atom is 0.331 e. The van der Waals surface area contributed by atoms with Crippen LogP contribution in [-0.4, -0.2) is 83.2 Å². The fraction of sp³-hybridized carbons (Fsp3) is 0.862. The van der Waals surface area contributed by atoms with Crippen molar-refractivity contribution in [3.05, 3.63) is 11.6 Å². The van der Waals surface area contributed by atoms with Gasteiger partial charge in [-0.25, -0.2) is 4.79 Å². The molecule has 0 aromatic heterocycles. The van der Waals surface area contributed by atoms with Crippen molar-refractivity contribution >= 4 is 11.8 Å². The van der Waals surface area contributed by atoms with Crippen LogP contribution in [0.5, 0.6) is 0 Å². The van der Waals surface area contributed by atoms with Gasteiger partial charge in [-0.3, -0.25) is 4.79 Å². The second-order valence-corrected chi connectivity index (χ2v) is 13.0. The van der Waals surface area contributed by atoms with E-state index in [4.69, 9.17) is 18.9 Å². The van der Waals surface area contributed by atoms with Crippen molar-refractivity contribution in [2.75, 3.05) is 13.7 Å². The molecule has 1 saturated heterocycles. The normalized spacial score (nSPS) is 52.6. The molecule has 0 aromatic carbocycles. The average molecular weight is 535 g/mol. The van der Waals surface area contributed by atoms with Crippen molar-refractivity contribution in [2.45, 2.75) is 108 Å². The van der Waals surface area contributed by atoms with Crippen molar-refractivity contribution < 1.29 is 43.9 Å². The number of cyclic esters (lactones) is 1. The summed E-state index contributed by atoms with van der Waals surface area (Å²) in [5, 5.41) is 33.8. The van der Waals surface area contributed by atoms with Crippen LogP contribution in [0.25, 0.3) is 0 Å². The van der Waals surface area contributed by atoms with Crippen molar-refractivity contribution in [3.8, 4) is 0 Å². The molecule has 0 unspecified atom stereocenters. The summed E-state index contributed by atoms with van der Waals surface area (Å²) in [6.45, 7) is 4.18. The molecule has 0 radical (unpaired) electrons. The Hall–Kier alpha value is -1.36. The monoisotopic (exact) mass is 534 g/mol. The van der Waals surface area contributed by atoms with Gasteiger partial charge in [-0.1, -0.05) is 6.92 Å². The average Bonchev–Trinajstić information content (AvgIpc) is 3.47. The van der Waals surface area contributed by atoms with Crippen LogP contribution in [0, 0.1) is 35.0 Å². The number of rotatable bonds is 4. The highest BCUT2D eigenvalue weighted by atomic mass is 16.7. The number of hydrogen-bond donors (Lipinski definition) is 3. The van der Waals surface area contributed by atoms with Crippen LogP contribution in [0.2, 0.25) is 0 Å². The number of aliphatic hydroxyl groups is 3. The lowest BCUT2D eigenvalue weighted by atomic mass is 9.45. The molecular weight excluding hydrogens is 492 g/mol. The highest BCUT2D eigenvalue weighted by molar-refractivity contribution is 5.89. The van der Waals surface area contributed by atoms with Gasteiger partial charge in [-0.2, -0.15) is 0 Å². The van der Waals surface area contributed by atoms with E-state index >= 15 is 0 Å². The third-order valence-electron chi connectivity index (χ3n) is 11.3. The SMILES string of the molecule is CO[C@H]1C[C@@H](O[C@@H]2CC[C@@]3(C)[C@H](CC[C@@H]4[C@@H]3C(=O)[C@H](O)[C@@H]3[C@@H](C5=CC(=O)OC5)CC[C@@]34O)C2)O[C@@H](C)[C@@H]1O. The molecular formula is C29H42O9. The smallest absolute Gasteiger partial charge is 0.331 e. The molecule has 4 saturated carbocycles. The summed E-state index contributed by atoms with van der Waals surface area (Å²) in [5.74, 6) is -1.69. The molecule has 9 nitrogen and oxygen atoms in total. The van der Waals surface area contributed by atoms with E-state index in [-0.39, 0.29) is 59.8 Å². The molecule has 0 bridgehead atoms. The second-order valence-electron chi connectivity index (χ2n) is 13.0. The van der Waals surface area contributed by atoms with Crippen LogP contribution >= 0.6 is 0 Å². The summed E-state index contributed by atoms with van der Waals surface area (Å²) in [4.78, 5) is 25.6. The Bertz CT molecular complexity index is 997. The lowest BCUT2D eigenvalue weighted by molar-refractivity contribution is -0.272. The number of Topliss-reactive ketones (excluding diaryl/α,β-unsaturated/α-hetero) is 1. The van der Waals surface area contributed by atoms with E-state index in [1.54, 1.807) is 7.11 Å². The minimum Gasteiger partial charge on any atom is -0.458 e. The van der Waals surface area contributed by atoms with Crippen LogP contribution in [-0.2, 0) is 28.5 Å².